The van der Waals surface area contributed by atoms with Gasteiger partial charge in [0.05, 0.1) is 0 Å². The third-order valence-corrected chi connectivity index (χ3v) is 4.48. The average molecular weight is 226 g/mol. The van der Waals surface area contributed by atoms with Crippen molar-refractivity contribution in [1.29, 1.82) is 0 Å². The van der Waals surface area contributed by atoms with Gasteiger partial charge in [0, 0.05) is 12.1 Å². The van der Waals surface area contributed by atoms with Crippen molar-refractivity contribution < 1.29 is 0 Å². The number of nitrogens with zero attached hydrogens (tertiary/aromatic N) is 1. The Kier molecular flexibility index (Phi) is 5.77. The lowest BCUT2D eigenvalue weighted by atomic mass is 9.85. The first-order chi connectivity index (χ1) is 7.56. The average Bonchev–Trinajstić information content (AvgIpc) is 2.27. The molecule has 1 N–H and O–H groups in total. The van der Waals surface area contributed by atoms with E-state index in [0.717, 1.165) is 24.4 Å². The molecule has 4 atom stereocenters. The van der Waals surface area contributed by atoms with E-state index in [-0.39, 0.29) is 0 Å². The molecule has 0 saturated heterocycles. The van der Waals surface area contributed by atoms with Gasteiger partial charge >= 0.3 is 0 Å². The van der Waals surface area contributed by atoms with Gasteiger partial charge in [0.15, 0.2) is 0 Å². The Morgan fingerprint density at radius 2 is 2.00 bits per heavy atom. The van der Waals surface area contributed by atoms with Gasteiger partial charge in [0.25, 0.3) is 0 Å². The van der Waals surface area contributed by atoms with E-state index in [1.807, 2.05) is 7.05 Å². The SMILES string of the molecule is CNCC(C)C(C)N(C)C1CCCC(C)C1. The van der Waals surface area contributed by atoms with Crippen LogP contribution in [-0.2, 0) is 0 Å². The molecule has 0 bridgehead atoms. The highest BCUT2D eigenvalue weighted by Gasteiger charge is 2.27. The van der Waals surface area contributed by atoms with E-state index in [1.54, 1.807) is 0 Å². The Bertz CT molecular complexity index is 193. The summed E-state index contributed by atoms with van der Waals surface area (Å²) in [7, 11) is 4.37. The second kappa shape index (κ2) is 6.61. The zero-order valence-electron chi connectivity index (χ0n) is 11.8. The van der Waals surface area contributed by atoms with E-state index < -0.39 is 0 Å². The summed E-state index contributed by atoms with van der Waals surface area (Å²) >= 11 is 0. The maximum Gasteiger partial charge on any atom is 0.0105 e. The Hall–Kier alpha value is -0.0800. The number of rotatable bonds is 5. The minimum atomic E-state index is 0.683. The molecule has 0 aromatic heterocycles. The second-order valence-corrected chi connectivity index (χ2v) is 5.87. The quantitative estimate of drug-likeness (QED) is 0.775. The van der Waals surface area contributed by atoms with E-state index in [1.165, 1.54) is 25.7 Å². The fourth-order valence-corrected chi connectivity index (χ4v) is 3.00. The molecule has 0 aromatic rings. The molecule has 0 heterocycles. The smallest absolute Gasteiger partial charge is 0.0105 e. The van der Waals surface area contributed by atoms with Gasteiger partial charge in [-0.05, 0) is 52.2 Å². The monoisotopic (exact) mass is 226 g/mol. The van der Waals surface area contributed by atoms with Crippen molar-refractivity contribution in [2.45, 2.75) is 58.5 Å². The topological polar surface area (TPSA) is 15.3 Å². The van der Waals surface area contributed by atoms with E-state index in [4.69, 9.17) is 0 Å². The van der Waals surface area contributed by atoms with Crippen molar-refractivity contribution in [2.75, 3.05) is 20.6 Å². The zero-order chi connectivity index (χ0) is 12.1. The largest absolute Gasteiger partial charge is 0.319 e. The first-order valence-corrected chi connectivity index (χ1v) is 6.92. The molecule has 1 aliphatic rings. The Morgan fingerprint density at radius 3 is 2.56 bits per heavy atom. The van der Waals surface area contributed by atoms with Gasteiger partial charge in [-0.1, -0.05) is 26.7 Å². The molecule has 0 aromatic carbocycles. The van der Waals surface area contributed by atoms with Crippen LogP contribution < -0.4 is 5.32 Å². The van der Waals surface area contributed by atoms with Crippen molar-refractivity contribution in [1.82, 2.24) is 10.2 Å². The van der Waals surface area contributed by atoms with Crippen LogP contribution >= 0.6 is 0 Å². The van der Waals surface area contributed by atoms with E-state index >= 15 is 0 Å². The standard InChI is InChI=1S/C14H30N2/c1-11-7-6-8-14(9-11)16(5)13(3)12(2)10-15-4/h11-15H,6-10H2,1-5H3. The maximum atomic E-state index is 3.29. The Balaban J connectivity index is 2.45. The van der Waals surface area contributed by atoms with Crippen molar-refractivity contribution in [2.24, 2.45) is 11.8 Å². The van der Waals surface area contributed by atoms with Crippen molar-refractivity contribution >= 4 is 0 Å². The van der Waals surface area contributed by atoms with E-state index in [2.05, 4.69) is 38.0 Å². The summed E-state index contributed by atoms with van der Waals surface area (Å²) in [6.45, 7) is 8.25. The zero-order valence-corrected chi connectivity index (χ0v) is 11.8. The van der Waals surface area contributed by atoms with Crippen LogP contribution in [0.4, 0.5) is 0 Å². The normalized spacial score (nSPS) is 30.4. The third kappa shape index (κ3) is 3.74. The van der Waals surface area contributed by atoms with Crippen LogP contribution in [0.1, 0.15) is 46.5 Å². The predicted molar refractivity (Wildman–Crippen MR) is 71.7 cm³/mol. The minimum absolute atomic E-state index is 0.683. The number of hydrogen-bond donors (Lipinski definition) is 1. The van der Waals surface area contributed by atoms with Gasteiger partial charge in [0.1, 0.15) is 0 Å². The van der Waals surface area contributed by atoms with Gasteiger partial charge in [-0.25, -0.2) is 0 Å². The molecule has 1 fully saturated rings. The summed E-state index contributed by atoms with van der Waals surface area (Å²) in [6.07, 6.45) is 5.65. The van der Waals surface area contributed by atoms with Crippen molar-refractivity contribution in [3.05, 3.63) is 0 Å². The molecule has 2 nitrogen and oxygen atoms in total. The molecule has 0 amide bonds. The number of hydrogen-bond acceptors (Lipinski definition) is 2. The lowest BCUT2D eigenvalue weighted by molar-refractivity contribution is 0.0983. The molecular formula is C14H30N2. The Labute approximate surface area is 102 Å². The second-order valence-electron chi connectivity index (χ2n) is 5.87. The van der Waals surface area contributed by atoms with Crippen LogP contribution in [0, 0.1) is 11.8 Å². The highest BCUT2D eigenvalue weighted by molar-refractivity contribution is 4.82. The van der Waals surface area contributed by atoms with Gasteiger partial charge < -0.3 is 10.2 Å². The molecule has 16 heavy (non-hydrogen) atoms. The molecule has 1 rings (SSSR count). The van der Waals surface area contributed by atoms with Crippen LogP contribution in [0.25, 0.3) is 0 Å². The molecule has 1 aliphatic carbocycles. The van der Waals surface area contributed by atoms with Gasteiger partial charge in [-0.3, -0.25) is 0 Å². The van der Waals surface area contributed by atoms with Gasteiger partial charge in [-0.15, -0.1) is 0 Å². The lowest BCUT2D eigenvalue weighted by Crippen LogP contribution is -2.45. The third-order valence-electron chi connectivity index (χ3n) is 4.48. The molecule has 4 unspecified atom stereocenters. The van der Waals surface area contributed by atoms with Crippen LogP contribution in [0.15, 0.2) is 0 Å². The van der Waals surface area contributed by atoms with E-state index in [9.17, 15) is 0 Å². The first-order valence-electron chi connectivity index (χ1n) is 6.92. The summed E-state index contributed by atoms with van der Waals surface area (Å²) in [6, 6.07) is 1.50. The van der Waals surface area contributed by atoms with Crippen LogP contribution in [0.5, 0.6) is 0 Å². The summed E-state index contributed by atoms with van der Waals surface area (Å²) < 4.78 is 0. The summed E-state index contributed by atoms with van der Waals surface area (Å²) in [5.74, 6) is 1.65. The van der Waals surface area contributed by atoms with Crippen LogP contribution in [0.2, 0.25) is 0 Å². The molecule has 2 heteroatoms. The fourth-order valence-electron chi connectivity index (χ4n) is 3.00. The molecule has 0 radical (unpaired) electrons. The van der Waals surface area contributed by atoms with Crippen LogP contribution in [0.3, 0.4) is 0 Å². The molecular weight excluding hydrogens is 196 g/mol. The van der Waals surface area contributed by atoms with Gasteiger partial charge in [-0.2, -0.15) is 0 Å². The minimum Gasteiger partial charge on any atom is -0.319 e. The molecule has 96 valence electrons. The molecule has 1 saturated carbocycles. The van der Waals surface area contributed by atoms with Crippen molar-refractivity contribution in [3.63, 3.8) is 0 Å². The fraction of sp³-hybridized carbons (Fsp3) is 1.00. The van der Waals surface area contributed by atoms with Crippen molar-refractivity contribution in [3.8, 4) is 0 Å². The summed E-state index contributed by atoms with van der Waals surface area (Å²) in [5.41, 5.74) is 0. The summed E-state index contributed by atoms with van der Waals surface area (Å²) in [5, 5.41) is 3.29. The predicted octanol–water partition coefficient (Wildman–Crippen LogP) is 2.74. The van der Waals surface area contributed by atoms with Crippen LogP contribution in [-0.4, -0.2) is 37.6 Å². The van der Waals surface area contributed by atoms with E-state index in [0.29, 0.717) is 6.04 Å². The molecule has 0 spiro atoms. The van der Waals surface area contributed by atoms with Gasteiger partial charge in [0.2, 0.25) is 0 Å². The summed E-state index contributed by atoms with van der Waals surface area (Å²) in [4.78, 5) is 2.62. The lowest BCUT2D eigenvalue weighted by Gasteiger charge is -2.40. The maximum absolute atomic E-state index is 3.29. The highest BCUT2D eigenvalue weighted by Crippen LogP contribution is 2.28. The number of nitrogens with one attached hydrogen (secondary N) is 1. The highest BCUT2D eigenvalue weighted by atomic mass is 15.2. The first kappa shape index (κ1) is 14.0. The molecule has 0 aliphatic heterocycles. The Morgan fingerprint density at radius 1 is 1.31 bits per heavy atom.